The van der Waals surface area contributed by atoms with Crippen LogP contribution >= 0.6 is 15.9 Å². The summed E-state index contributed by atoms with van der Waals surface area (Å²) in [5.74, 6) is 0.447. The number of benzene rings is 1. The van der Waals surface area contributed by atoms with Crippen LogP contribution in [0.2, 0.25) is 0 Å². The molecule has 94 valence electrons. The van der Waals surface area contributed by atoms with E-state index in [-0.39, 0.29) is 16.3 Å². The van der Waals surface area contributed by atoms with E-state index in [9.17, 15) is 15.2 Å². The number of nitrogens with zero attached hydrogens (tertiary/aromatic N) is 1. The molecular weight excluding hydrogens is 288 g/mol. The molecule has 0 aromatic heterocycles. The lowest BCUT2D eigenvalue weighted by atomic mass is 10.1. The third-order valence-corrected chi connectivity index (χ3v) is 3.78. The van der Waals surface area contributed by atoms with Crippen molar-refractivity contribution in [2.45, 2.75) is 18.7 Å². The van der Waals surface area contributed by atoms with Gasteiger partial charge in [-0.15, -0.1) is 0 Å². The average Bonchev–Trinajstić information content (AvgIpc) is 2.26. The molecule has 1 unspecified atom stereocenters. The van der Waals surface area contributed by atoms with Gasteiger partial charge in [0.1, 0.15) is 5.75 Å². The second kappa shape index (κ2) is 5.86. The molecule has 17 heavy (non-hydrogen) atoms. The van der Waals surface area contributed by atoms with Gasteiger partial charge in [-0.2, -0.15) is 0 Å². The average molecular weight is 303 g/mol. The van der Waals surface area contributed by atoms with Crippen molar-refractivity contribution in [3.05, 3.63) is 28.3 Å². The first-order chi connectivity index (χ1) is 7.91. The van der Waals surface area contributed by atoms with Crippen molar-refractivity contribution >= 4 is 27.3 Å². The van der Waals surface area contributed by atoms with E-state index < -0.39 is 4.92 Å². The van der Waals surface area contributed by atoms with Crippen molar-refractivity contribution in [3.63, 3.8) is 0 Å². The molecule has 1 aromatic carbocycles. The normalized spacial score (nSPS) is 12.5. The number of aromatic hydroxyl groups is 1. The van der Waals surface area contributed by atoms with Gasteiger partial charge in [-0.1, -0.05) is 29.8 Å². The fourth-order valence-corrected chi connectivity index (χ4v) is 1.38. The molecule has 0 aliphatic carbocycles. The van der Waals surface area contributed by atoms with Crippen LogP contribution in [0.15, 0.2) is 18.2 Å². The van der Waals surface area contributed by atoms with Gasteiger partial charge in [-0.25, -0.2) is 0 Å². The molecule has 6 heteroatoms. The van der Waals surface area contributed by atoms with Gasteiger partial charge in [0.2, 0.25) is 0 Å². The van der Waals surface area contributed by atoms with Crippen LogP contribution in [0.4, 0.5) is 11.4 Å². The lowest BCUT2D eigenvalue weighted by Crippen LogP contribution is -2.19. The highest BCUT2D eigenvalue weighted by molar-refractivity contribution is 9.09. The number of non-ortho nitro benzene ring substituents is 1. The van der Waals surface area contributed by atoms with Crippen LogP contribution in [-0.2, 0) is 0 Å². The molecule has 2 N–H and O–H groups in total. The largest absolute Gasteiger partial charge is 0.506 e. The third-order valence-electron chi connectivity index (χ3n) is 2.40. The molecule has 0 fully saturated rings. The van der Waals surface area contributed by atoms with E-state index in [1.807, 2.05) is 0 Å². The summed E-state index contributed by atoms with van der Waals surface area (Å²) in [5.41, 5.74) is 0.338. The van der Waals surface area contributed by atoms with Gasteiger partial charge in [-0.3, -0.25) is 10.1 Å². The van der Waals surface area contributed by atoms with Crippen molar-refractivity contribution in [3.8, 4) is 5.75 Å². The van der Waals surface area contributed by atoms with Crippen LogP contribution in [0, 0.1) is 16.0 Å². The predicted molar refractivity (Wildman–Crippen MR) is 70.8 cm³/mol. The fraction of sp³-hybridized carbons (Fsp3) is 0.455. The maximum absolute atomic E-state index is 10.6. The zero-order valence-corrected chi connectivity index (χ0v) is 11.3. The lowest BCUT2D eigenvalue weighted by molar-refractivity contribution is -0.384. The van der Waals surface area contributed by atoms with Crippen molar-refractivity contribution in [1.29, 1.82) is 0 Å². The molecule has 0 aliphatic heterocycles. The van der Waals surface area contributed by atoms with E-state index >= 15 is 0 Å². The van der Waals surface area contributed by atoms with E-state index in [0.29, 0.717) is 18.2 Å². The standard InChI is InChI=1S/C11H15BrN2O3/c1-7(2)9(12)6-13-10-5-8(14(16)17)3-4-11(10)15/h3-5,7,9,13,15H,6H2,1-2H3. The Balaban J connectivity index is 2.76. The number of nitro benzene ring substituents is 1. The number of halogens is 1. The number of rotatable bonds is 5. The Morgan fingerprint density at radius 3 is 2.71 bits per heavy atom. The number of phenols is 1. The first kappa shape index (κ1) is 13.8. The number of phenolic OH excluding ortho intramolecular Hbond substituents is 1. The van der Waals surface area contributed by atoms with Crippen molar-refractivity contribution < 1.29 is 10.0 Å². The van der Waals surface area contributed by atoms with Crippen molar-refractivity contribution in [2.75, 3.05) is 11.9 Å². The first-order valence-corrected chi connectivity index (χ1v) is 6.18. The molecule has 0 heterocycles. The van der Waals surface area contributed by atoms with Crippen LogP contribution in [0.25, 0.3) is 0 Å². The maximum Gasteiger partial charge on any atom is 0.271 e. The van der Waals surface area contributed by atoms with Crippen LogP contribution in [0.5, 0.6) is 5.75 Å². The van der Waals surface area contributed by atoms with Crippen LogP contribution in [0.3, 0.4) is 0 Å². The highest BCUT2D eigenvalue weighted by Gasteiger charge is 2.13. The zero-order chi connectivity index (χ0) is 13.0. The summed E-state index contributed by atoms with van der Waals surface area (Å²) in [6, 6.07) is 3.92. The number of hydrogen-bond acceptors (Lipinski definition) is 4. The molecule has 1 rings (SSSR count). The number of nitro groups is 1. The lowest BCUT2D eigenvalue weighted by Gasteiger charge is -2.15. The Bertz CT molecular complexity index is 410. The van der Waals surface area contributed by atoms with Crippen LogP contribution < -0.4 is 5.32 Å². The van der Waals surface area contributed by atoms with Gasteiger partial charge in [0, 0.05) is 23.5 Å². The molecule has 1 aromatic rings. The summed E-state index contributed by atoms with van der Waals surface area (Å²) >= 11 is 3.49. The van der Waals surface area contributed by atoms with E-state index in [1.165, 1.54) is 18.2 Å². The van der Waals surface area contributed by atoms with E-state index in [4.69, 9.17) is 0 Å². The monoisotopic (exact) mass is 302 g/mol. The molecule has 1 atom stereocenters. The summed E-state index contributed by atoms with van der Waals surface area (Å²) in [4.78, 5) is 10.3. The molecule has 0 saturated heterocycles. The Labute approximate surface area is 108 Å². The predicted octanol–water partition coefficient (Wildman–Crippen LogP) is 3.13. The molecule has 0 saturated carbocycles. The van der Waals surface area contributed by atoms with Crippen LogP contribution in [-0.4, -0.2) is 21.4 Å². The summed E-state index contributed by atoms with van der Waals surface area (Å²) in [7, 11) is 0. The highest BCUT2D eigenvalue weighted by Crippen LogP contribution is 2.28. The Morgan fingerprint density at radius 1 is 1.53 bits per heavy atom. The summed E-state index contributed by atoms with van der Waals surface area (Å²) in [6.07, 6.45) is 0. The minimum Gasteiger partial charge on any atom is -0.506 e. The second-order valence-corrected chi connectivity index (χ2v) is 5.28. The fourth-order valence-electron chi connectivity index (χ4n) is 1.22. The smallest absolute Gasteiger partial charge is 0.271 e. The summed E-state index contributed by atoms with van der Waals surface area (Å²) in [6.45, 7) is 4.72. The summed E-state index contributed by atoms with van der Waals surface area (Å²) in [5, 5.41) is 23.2. The van der Waals surface area contributed by atoms with Gasteiger partial charge in [0.05, 0.1) is 10.6 Å². The van der Waals surface area contributed by atoms with Gasteiger partial charge in [0.15, 0.2) is 0 Å². The molecule has 5 nitrogen and oxygen atoms in total. The quantitative estimate of drug-likeness (QED) is 0.379. The molecule has 0 spiro atoms. The molecule has 0 bridgehead atoms. The van der Waals surface area contributed by atoms with Gasteiger partial charge >= 0.3 is 0 Å². The molecule has 0 amide bonds. The molecule has 0 radical (unpaired) electrons. The Hall–Kier alpha value is -1.30. The zero-order valence-electron chi connectivity index (χ0n) is 9.68. The Morgan fingerprint density at radius 2 is 2.18 bits per heavy atom. The molecular formula is C11H15BrN2O3. The number of nitrogens with one attached hydrogen (secondary N) is 1. The Kier molecular flexibility index (Phi) is 4.74. The van der Waals surface area contributed by atoms with Crippen LogP contribution in [0.1, 0.15) is 13.8 Å². The highest BCUT2D eigenvalue weighted by atomic mass is 79.9. The number of alkyl halides is 1. The van der Waals surface area contributed by atoms with Gasteiger partial charge in [0.25, 0.3) is 5.69 Å². The molecule has 0 aliphatic rings. The second-order valence-electron chi connectivity index (χ2n) is 4.10. The van der Waals surface area contributed by atoms with Crippen molar-refractivity contribution in [2.24, 2.45) is 5.92 Å². The van der Waals surface area contributed by atoms with Crippen molar-refractivity contribution in [1.82, 2.24) is 0 Å². The van der Waals surface area contributed by atoms with Gasteiger partial charge < -0.3 is 10.4 Å². The van der Waals surface area contributed by atoms with E-state index in [1.54, 1.807) is 0 Å². The first-order valence-electron chi connectivity index (χ1n) is 5.27. The SMILES string of the molecule is CC(C)C(Br)CNc1cc([N+](=O)[O-])ccc1O. The number of hydrogen-bond donors (Lipinski definition) is 2. The van der Waals surface area contributed by atoms with Gasteiger partial charge in [-0.05, 0) is 12.0 Å². The third kappa shape index (κ3) is 3.89. The summed E-state index contributed by atoms with van der Waals surface area (Å²) < 4.78 is 0. The maximum atomic E-state index is 10.6. The topological polar surface area (TPSA) is 75.4 Å². The number of anilines is 1. The minimum absolute atomic E-state index is 0.0130. The van der Waals surface area contributed by atoms with E-state index in [0.717, 1.165) is 0 Å². The van der Waals surface area contributed by atoms with E-state index in [2.05, 4.69) is 35.1 Å². The minimum atomic E-state index is -0.487.